The number of rotatable bonds is 5. The molecular formula is C21H22BrN3OS. The lowest BCUT2D eigenvalue weighted by Crippen LogP contribution is -2.48. The summed E-state index contributed by atoms with van der Waals surface area (Å²) in [6.07, 6.45) is 1.37. The first-order valence-electron chi connectivity index (χ1n) is 9.26. The normalized spacial score (nSPS) is 15.4. The molecule has 0 N–H and O–H groups in total. The van der Waals surface area contributed by atoms with Crippen LogP contribution in [0, 0.1) is 0 Å². The topological polar surface area (TPSA) is 36.4 Å². The third-order valence-electron chi connectivity index (χ3n) is 4.94. The van der Waals surface area contributed by atoms with Gasteiger partial charge in [0.2, 0.25) is 5.91 Å². The van der Waals surface area contributed by atoms with Crippen LogP contribution in [0.5, 0.6) is 0 Å². The lowest BCUT2D eigenvalue weighted by Gasteiger charge is -2.34. The van der Waals surface area contributed by atoms with Gasteiger partial charge in [0.05, 0.1) is 16.8 Å². The van der Waals surface area contributed by atoms with Crippen LogP contribution in [-0.4, -0.2) is 46.9 Å². The molecule has 1 saturated heterocycles. The lowest BCUT2D eigenvalue weighted by molar-refractivity contribution is -0.133. The summed E-state index contributed by atoms with van der Waals surface area (Å²) in [4.78, 5) is 21.7. The number of benzene rings is 2. The van der Waals surface area contributed by atoms with Gasteiger partial charge in [-0.1, -0.05) is 40.2 Å². The Kier molecular flexibility index (Phi) is 5.86. The SMILES string of the molecule is O=C(CCc1cccc(Br)c1)N1CCN(Cc2nc3ccccc3s2)CC1. The molecule has 3 aromatic rings. The van der Waals surface area contributed by atoms with Gasteiger partial charge in [0.1, 0.15) is 5.01 Å². The second kappa shape index (κ2) is 8.50. The highest BCUT2D eigenvalue weighted by Gasteiger charge is 2.21. The molecule has 0 radical (unpaired) electrons. The van der Waals surface area contributed by atoms with E-state index in [1.165, 1.54) is 10.3 Å². The average molecular weight is 444 g/mol. The molecule has 4 nitrogen and oxygen atoms in total. The van der Waals surface area contributed by atoms with Gasteiger partial charge in [0.25, 0.3) is 0 Å². The number of thiazole rings is 1. The van der Waals surface area contributed by atoms with Gasteiger partial charge in [-0.15, -0.1) is 11.3 Å². The average Bonchev–Trinajstić information content (AvgIpc) is 3.09. The monoisotopic (exact) mass is 443 g/mol. The predicted molar refractivity (Wildman–Crippen MR) is 114 cm³/mol. The summed E-state index contributed by atoms with van der Waals surface area (Å²) in [6, 6.07) is 16.5. The Balaban J connectivity index is 1.26. The third-order valence-corrected chi connectivity index (χ3v) is 6.45. The number of hydrogen-bond donors (Lipinski definition) is 0. The maximum atomic E-state index is 12.5. The summed E-state index contributed by atoms with van der Waals surface area (Å²) in [7, 11) is 0. The van der Waals surface area contributed by atoms with Crippen molar-refractivity contribution in [3.8, 4) is 0 Å². The number of nitrogens with zero attached hydrogens (tertiary/aromatic N) is 3. The van der Waals surface area contributed by atoms with Gasteiger partial charge in [-0.2, -0.15) is 0 Å². The van der Waals surface area contributed by atoms with Crippen molar-refractivity contribution in [1.29, 1.82) is 0 Å². The Morgan fingerprint density at radius 3 is 2.67 bits per heavy atom. The molecule has 1 aliphatic heterocycles. The fourth-order valence-corrected chi connectivity index (χ4v) is 4.89. The van der Waals surface area contributed by atoms with Crippen LogP contribution in [0.15, 0.2) is 53.0 Å². The number of amides is 1. The Bertz CT molecular complexity index is 901. The third kappa shape index (κ3) is 4.75. The molecule has 0 bridgehead atoms. The van der Waals surface area contributed by atoms with Crippen molar-refractivity contribution < 1.29 is 4.79 Å². The molecule has 27 heavy (non-hydrogen) atoms. The van der Waals surface area contributed by atoms with Gasteiger partial charge in [-0.3, -0.25) is 9.69 Å². The Morgan fingerprint density at radius 2 is 1.89 bits per heavy atom. The highest BCUT2D eigenvalue weighted by atomic mass is 79.9. The van der Waals surface area contributed by atoms with E-state index in [-0.39, 0.29) is 5.91 Å². The van der Waals surface area contributed by atoms with Crippen molar-refractivity contribution in [3.63, 3.8) is 0 Å². The number of piperazine rings is 1. The number of halogens is 1. The fourth-order valence-electron chi connectivity index (χ4n) is 3.44. The second-order valence-electron chi connectivity index (χ2n) is 6.86. The summed E-state index contributed by atoms with van der Waals surface area (Å²) in [6.45, 7) is 4.32. The van der Waals surface area contributed by atoms with Crippen LogP contribution in [0.25, 0.3) is 10.2 Å². The molecular weight excluding hydrogens is 422 g/mol. The van der Waals surface area contributed by atoms with E-state index < -0.39 is 0 Å². The van der Waals surface area contributed by atoms with Gasteiger partial charge in [-0.25, -0.2) is 4.98 Å². The van der Waals surface area contributed by atoms with Gasteiger partial charge in [0.15, 0.2) is 0 Å². The summed E-state index contributed by atoms with van der Waals surface area (Å²) >= 11 is 5.25. The zero-order valence-corrected chi connectivity index (χ0v) is 17.5. The highest BCUT2D eigenvalue weighted by molar-refractivity contribution is 9.10. The van der Waals surface area contributed by atoms with E-state index in [0.29, 0.717) is 6.42 Å². The van der Waals surface area contributed by atoms with Crippen LogP contribution < -0.4 is 0 Å². The molecule has 140 valence electrons. The molecule has 0 atom stereocenters. The first-order chi connectivity index (χ1) is 13.2. The van der Waals surface area contributed by atoms with E-state index in [2.05, 4.69) is 51.2 Å². The van der Waals surface area contributed by atoms with Crippen molar-refractivity contribution in [2.45, 2.75) is 19.4 Å². The Labute approximate surface area is 171 Å². The Hall–Kier alpha value is -1.76. The summed E-state index contributed by atoms with van der Waals surface area (Å²) in [5.41, 5.74) is 2.28. The number of hydrogen-bond acceptors (Lipinski definition) is 4. The Morgan fingerprint density at radius 1 is 1.07 bits per heavy atom. The van der Waals surface area contributed by atoms with Gasteiger partial charge in [-0.05, 0) is 36.2 Å². The quantitative estimate of drug-likeness (QED) is 0.588. The van der Waals surface area contributed by atoms with Crippen molar-refractivity contribution in [3.05, 3.63) is 63.6 Å². The number of aryl methyl sites for hydroxylation is 1. The van der Waals surface area contributed by atoms with Crippen molar-refractivity contribution in [1.82, 2.24) is 14.8 Å². The molecule has 1 fully saturated rings. The fraction of sp³-hybridized carbons (Fsp3) is 0.333. The second-order valence-corrected chi connectivity index (χ2v) is 8.89. The van der Waals surface area contributed by atoms with Crippen LogP contribution in [0.3, 0.4) is 0 Å². The minimum Gasteiger partial charge on any atom is -0.340 e. The zero-order valence-electron chi connectivity index (χ0n) is 15.1. The van der Waals surface area contributed by atoms with Gasteiger partial charge >= 0.3 is 0 Å². The van der Waals surface area contributed by atoms with E-state index in [1.54, 1.807) is 11.3 Å². The maximum absolute atomic E-state index is 12.5. The van der Waals surface area contributed by atoms with E-state index in [9.17, 15) is 4.79 Å². The van der Waals surface area contributed by atoms with Crippen molar-refractivity contribution in [2.24, 2.45) is 0 Å². The molecule has 6 heteroatoms. The van der Waals surface area contributed by atoms with Crippen LogP contribution in [0.2, 0.25) is 0 Å². The molecule has 0 aliphatic carbocycles. The smallest absolute Gasteiger partial charge is 0.222 e. The van der Waals surface area contributed by atoms with E-state index >= 15 is 0 Å². The number of fused-ring (bicyclic) bond motifs is 1. The summed E-state index contributed by atoms with van der Waals surface area (Å²) in [5, 5.41) is 1.16. The molecule has 4 rings (SSSR count). The van der Waals surface area contributed by atoms with Crippen LogP contribution in [0.1, 0.15) is 17.0 Å². The zero-order chi connectivity index (χ0) is 18.6. The largest absolute Gasteiger partial charge is 0.340 e. The minimum atomic E-state index is 0.259. The van der Waals surface area contributed by atoms with Crippen LogP contribution in [0.4, 0.5) is 0 Å². The molecule has 1 aromatic heterocycles. The summed E-state index contributed by atoms with van der Waals surface area (Å²) in [5.74, 6) is 0.259. The molecule has 2 heterocycles. The van der Waals surface area contributed by atoms with Crippen LogP contribution in [-0.2, 0) is 17.8 Å². The number of carbonyl (C=O) groups is 1. The number of aromatic nitrogens is 1. The predicted octanol–water partition coefficient (Wildman–Crippen LogP) is 4.34. The first kappa shape index (κ1) is 18.6. The number of carbonyl (C=O) groups excluding carboxylic acids is 1. The maximum Gasteiger partial charge on any atom is 0.222 e. The van der Waals surface area contributed by atoms with E-state index in [4.69, 9.17) is 4.98 Å². The van der Waals surface area contributed by atoms with Crippen LogP contribution >= 0.6 is 27.3 Å². The first-order valence-corrected chi connectivity index (χ1v) is 10.9. The summed E-state index contributed by atoms with van der Waals surface area (Å²) < 4.78 is 2.31. The molecule has 1 amide bonds. The van der Waals surface area contributed by atoms with Crippen molar-refractivity contribution in [2.75, 3.05) is 26.2 Å². The van der Waals surface area contributed by atoms with Gasteiger partial charge < -0.3 is 4.90 Å². The number of para-hydroxylation sites is 1. The molecule has 2 aromatic carbocycles. The molecule has 0 unspecified atom stereocenters. The van der Waals surface area contributed by atoms with E-state index in [0.717, 1.165) is 54.1 Å². The standard InChI is InChI=1S/C21H22BrN3OS/c22-17-5-3-4-16(14-17)8-9-21(26)25-12-10-24(11-13-25)15-20-23-18-6-1-2-7-19(18)27-20/h1-7,14H,8-13,15H2. The van der Waals surface area contributed by atoms with Gasteiger partial charge in [0, 0.05) is 37.1 Å². The van der Waals surface area contributed by atoms with Crippen molar-refractivity contribution >= 4 is 43.4 Å². The molecule has 0 spiro atoms. The lowest BCUT2D eigenvalue weighted by atomic mass is 10.1. The minimum absolute atomic E-state index is 0.259. The highest BCUT2D eigenvalue weighted by Crippen LogP contribution is 2.23. The molecule has 1 aliphatic rings. The molecule has 0 saturated carbocycles. The van der Waals surface area contributed by atoms with E-state index in [1.807, 2.05) is 23.1 Å².